The summed E-state index contributed by atoms with van der Waals surface area (Å²) < 4.78 is 17.7. The van der Waals surface area contributed by atoms with E-state index in [1.54, 1.807) is 25.3 Å². The average Bonchev–Trinajstić information content (AvgIpc) is 3.38. The Morgan fingerprint density at radius 3 is 2.69 bits per heavy atom. The highest BCUT2D eigenvalue weighted by atomic mass is 79.9. The topological polar surface area (TPSA) is 56.8 Å². The fraction of sp³-hybridized carbons (Fsp3) is 0.250. The van der Waals surface area contributed by atoms with Gasteiger partial charge in [0.1, 0.15) is 6.61 Å². The van der Waals surface area contributed by atoms with Crippen LogP contribution in [-0.2, 0) is 11.3 Å². The molecule has 5 nitrogen and oxygen atoms in total. The first-order valence-corrected chi connectivity index (χ1v) is 13.0. The molecule has 0 spiro atoms. The summed E-state index contributed by atoms with van der Waals surface area (Å²) in [7, 11) is 3.02. The van der Waals surface area contributed by atoms with Crippen LogP contribution in [0, 0.1) is 5.92 Å². The van der Waals surface area contributed by atoms with Gasteiger partial charge in [0.15, 0.2) is 11.5 Å². The number of benzene rings is 3. The highest BCUT2D eigenvalue weighted by molar-refractivity contribution is 9.10. The quantitative estimate of drug-likeness (QED) is 0.234. The van der Waals surface area contributed by atoms with Gasteiger partial charge in [0, 0.05) is 5.92 Å². The van der Waals surface area contributed by atoms with Crippen molar-refractivity contribution in [3.05, 3.63) is 97.5 Å². The zero-order valence-electron chi connectivity index (χ0n) is 19.7. The van der Waals surface area contributed by atoms with E-state index in [1.807, 2.05) is 24.3 Å². The van der Waals surface area contributed by atoms with E-state index >= 15 is 0 Å². The number of fused-ring (bicyclic) bond motifs is 3. The predicted octanol–water partition coefficient (Wildman–Crippen LogP) is 7.96. The molecule has 8 heteroatoms. The maximum atomic E-state index is 12.5. The number of hydrogen-bond donors (Lipinski definition) is 1. The molecule has 1 N–H and O–H groups in total. The van der Waals surface area contributed by atoms with Gasteiger partial charge in [0.25, 0.3) is 0 Å². The normalized spacial score (nSPS) is 19.8. The molecule has 0 radical (unpaired) electrons. The molecule has 0 unspecified atom stereocenters. The van der Waals surface area contributed by atoms with Crippen LogP contribution >= 0.6 is 39.1 Å². The molecule has 0 saturated heterocycles. The third-order valence-electron chi connectivity index (χ3n) is 6.78. The molecule has 2 aliphatic rings. The molecular formula is C28H24BrCl2NO4. The van der Waals surface area contributed by atoms with Crippen LogP contribution in [0.15, 0.2) is 65.2 Å². The van der Waals surface area contributed by atoms with E-state index in [2.05, 4.69) is 39.5 Å². The molecule has 0 bridgehead atoms. The number of para-hydroxylation sites is 1. The number of nitrogens with one attached hydrogen (secondary N) is 1. The second kappa shape index (κ2) is 10.4. The smallest absolute Gasteiger partial charge is 0.339 e. The minimum atomic E-state index is -0.358. The Morgan fingerprint density at radius 1 is 1.11 bits per heavy atom. The molecule has 36 heavy (non-hydrogen) atoms. The van der Waals surface area contributed by atoms with Gasteiger partial charge in [-0.3, -0.25) is 0 Å². The number of halogens is 3. The lowest BCUT2D eigenvalue weighted by Gasteiger charge is -2.38. The number of hydrogen-bond acceptors (Lipinski definition) is 5. The SMILES string of the molecule is COC(=O)c1cccc2c1N[C@@H](c1cc(Br)c(OCc3ccc(Cl)c(Cl)c3)c(OC)c1)[C@H]1CC=C[C@@H]21. The molecule has 1 aliphatic heterocycles. The minimum absolute atomic E-state index is 0.0439. The van der Waals surface area contributed by atoms with Crippen LogP contribution in [0.3, 0.4) is 0 Å². The van der Waals surface area contributed by atoms with Gasteiger partial charge in [-0.1, -0.05) is 53.6 Å². The third kappa shape index (κ3) is 4.58. The van der Waals surface area contributed by atoms with Crippen molar-refractivity contribution < 1.29 is 19.0 Å². The van der Waals surface area contributed by atoms with E-state index in [-0.39, 0.29) is 17.9 Å². The molecule has 0 amide bonds. The van der Waals surface area contributed by atoms with Crippen molar-refractivity contribution in [1.82, 2.24) is 0 Å². The fourth-order valence-corrected chi connectivity index (χ4v) is 5.97. The Balaban J connectivity index is 1.48. The van der Waals surface area contributed by atoms with Crippen molar-refractivity contribution in [2.24, 2.45) is 5.92 Å². The molecule has 3 aromatic rings. The summed E-state index contributed by atoms with van der Waals surface area (Å²) in [5.41, 5.74) is 4.39. The first kappa shape index (κ1) is 25.0. The van der Waals surface area contributed by atoms with Crippen LogP contribution in [0.5, 0.6) is 11.5 Å². The highest BCUT2D eigenvalue weighted by Gasteiger charge is 2.40. The van der Waals surface area contributed by atoms with Crippen molar-refractivity contribution in [2.45, 2.75) is 25.0 Å². The van der Waals surface area contributed by atoms with Crippen molar-refractivity contribution >= 4 is 50.8 Å². The minimum Gasteiger partial charge on any atom is -0.493 e. The number of carbonyl (C=O) groups is 1. The van der Waals surface area contributed by atoms with E-state index in [4.69, 9.17) is 37.4 Å². The number of allylic oxidation sites excluding steroid dienone is 2. The van der Waals surface area contributed by atoms with Crippen LogP contribution in [0.4, 0.5) is 5.69 Å². The summed E-state index contributed by atoms with van der Waals surface area (Å²) >= 11 is 15.9. The molecule has 0 aromatic heterocycles. The second-order valence-corrected chi connectivity index (χ2v) is 10.5. The predicted molar refractivity (Wildman–Crippen MR) is 146 cm³/mol. The van der Waals surface area contributed by atoms with Crippen molar-refractivity contribution in [1.29, 1.82) is 0 Å². The number of methoxy groups -OCH3 is 2. The fourth-order valence-electron chi connectivity index (χ4n) is 5.08. The van der Waals surface area contributed by atoms with Gasteiger partial charge in [0.05, 0.1) is 46.0 Å². The Labute approximate surface area is 228 Å². The third-order valence-corrected chi connectivity index (χ3v) is 8.11. The van der Waals surface area contributed by atoms with Crippen molar-refractivity contribution in [2.75, 3.05) is 19.5 Å². The van der Waals surface area contributed by atoms with Gasteiger partial charge >= 0.3 is 5.97 Å². The molecule has 0 saturated carbocycles. The summed E-state index contributed by atoms with van der Waals surface area (Å²) in [6.07, 6.45) is 5.38. The first-order valence-electron chi connectivity index (χ1n) is 11.5. The van der Waals surface area contributed by atoms with E-state index in [0.717, 1.165) is 33.3 Å². The molecule has 3 atom stereocenters. The summed E-state index contributed by atoms with van der Waals surface area (Å²) in [6.45, 7) is 0.303. The van der Waals surface area contributed by atoms with Gasteiger partial charge in [-0.25, -0.2) is 4.79 Å². The number of anilines is 1. The molecule has 3 aromatic carbocycles. The monoisotopic (exact) mass is 587 g/mol. The standard InChI is InChI=1S/C28H24BrCl2NO4/c1-34-24-13-16(12-21(29)27(24)36-14-15-9-10-22(30)23(31)11-15)25-18-6-3-5-17(18)19-7-4-8-20(26(19)32-25)28(33)35-2/h3-5,7-13,17-18,25,32H,6,14H2,1-2H3/t17-,18+,25+/m1/s1. The Kier molecular flexibility index (Phi) is 7.20. The maximum Gasteiger partial charge on any atom is 0.339 e. The lowest BCUT2D eigenvalue weighted by molar-refractivity contribution is 0.0601. The number of esters is 1. The Hall–Kier alpha value is -2.67. The van der Waals surface area contributed by atoms with Crippen LogP contribution in [0.2, 0.25) is 10.0 Å². The van der Waals surface area contributed by atoms with Crippen LogP contribution in [-0.4, -0.2) is 20.2 Å². The Bertz CT molecular complexity index is 1360. The molecule has 5 rings (SSSR count). The molecule has 1 heterocycles. The number of ether oxygens (including phenoxy) is 3. The summed E-state index contributed by atoms with van der Waals surface area (Å²) in [6, 6.07) is 15.2. The van der Waals surface area contributed by atoms with Crippen LogP contribution in [0.25, 0.3) is 0 Å². The van der Waals surface area contributed by atoms with E-state index in [1.165, 1.54) is 7.11 Å². The van der Waals surface area contributed by atoms with Crippen LogP contribution < -0.4 is 14.8 Å². The van der Waals surface area contributed by atoms with E-state index in [9.17, 15) is 4.79 Å². The molecule has 1 aliphatic carbocycles. The van der Waals surface area contributed by atoms with Gasteiger partial charge in [-0.05, 0) is 75.3 Å². The van der Waals surface area contributed by atoms with Crippen LogP contribution in [0.1, 0.15) is 45.4 Å². The van der Waals surface area contributed by atoms with Crippen molar-refractivity contribution in [3.63, 3.8) is 0 Å². The zero-order valence-corrected chi connectivity index (χ0v) is 22.8. The molecular weight excluding hydrogens is 565 g/mol. The Morgan fingerprint density at radius 2 is 1.94 bits per heavy atom. The molecule has 0 fully saturated rings. The lowest BCUT2D eigenvalue weighted by atomic mass is 9.76. The lowest BCUT2D eigenvalue weighted by Crippen LogP contribution is -2.30. The zero-order chi connectivity index (χ0) is 25.4. The first-order chi connectivity index (χ1) is 17.4. The van der Waals surface area contributed by atoms with Gasteiger partial charge in [0.2, 0.25) is 0 Å². The second-order valence-electron chi connectivity index (χ2n) is 8.81. The average molecular weight is 589 g/mol. The number of rotatable bonds is 6. The maximum absolute atomic E-state index is 12.5. The highest BCUT2D eigenvalue weighted by Crippen LogP contribution is 2.52. The van der Waals surface area contributed by atoms with E-state index < -0.39 is 0 Å². The number of carbonyl (C=O) groups excluding carboxylic acids is 1. The van der Waals surface area contributed by atoms with Crippen molar-refractivity contribution in [3.8, 4) is 11.5 Å². The summed E-state index contributed by atoms with van der Waals surface area (Å²) in [5.74, 6) is 1.34. The van der Waals surface area contributed by atoms with Gasteiger partial charge in [-0.2, -0.15) is 0 Å². The van der Waals surface area contributed by atoms with Gasteiger partial charge in [-0.15, -0.1) is 0 Å². The van der Waals surface area contributed by atoms with E-state index in [0.29, 0.717) is 39.6 Å². The summed E-state index contributed by atoms with van der Waals surface area (Å²) in [5, 5.41) is 4.63. The summed E-state index contributed by atoms with van der Waals surface area (Å²) in [4.78, 5) is 12.5. The largest absolute Gasteiger partial charge is 0.493 e. The molecule has 186 valence electrons. The van der Waals surface area contributed by atoms with Gasteiger partial charge < -0.3 is 19.5 Å².